The molecular formula is C8H15N3O. The summed E-state index contributed by atoms with van der Waals surface area (Å²) in [7, 11) is 0. The normalized spacial score (nSPS) is 19.3. The van der Waals surface area contributed by atoms with E-state index in [9.17, 15) is 4.79 Å². The number of primary amides is 1. The molecule has 0 saturated heterocycles. The smallest absolute Gasteiger partial charge is 0.244 e. The topological polar surface area (TPSA) is 81.5 Å². The van der Waals surface area contributed by atoms with Crippen molar-refractivity contribution >= 4 is 11.7 Å². The zero-order valence-electron chi connectivity index (χ0n) is 7.50. The van der Waals surface area contributed by atoms with E-state index in [1.165, 1.54) is 0 Å². The maximum absolute atomic E-state index is 10.9. The van der Waals surface area contributed by atoms with E-state index in [2.05, 4.69) is 4.99 Å². The molecule has 0 heterocycles. The molecule has 4 nitrogen and oxygen atoms in total. The minimum atomic E-state index is -0.854. The quantitative estimate of drug-likeness (QED) is 0.461. The molecular weight excluding hydrogens is 154 g/mol. The molecule has 0 aromatic carbocycles. The van der Waals surface area contributed by atoms with E-state index < -0.39 is 11.4 Å². The van der Waals surface area contributed by atoms with Crippen molar-refractivity contribution in [2.75, 3.05) is 0 Å². The molecule has 1 aliphatic rings. The second kappa shape index (κ2) is 2.77. The Morgan fingerprint density at radius 2 is 1.92 bits per heavy atom. The fraction of sp³-hybridized carbons (Fsp3) is 0.750. The largest absolute Gasteiger partial charge is 0.387 e. The number of amidine groups is 1. The van der Waals surface area contributed by atoms with Crippen LogP contribution in [0.5, 0.6) is 0 Å². The summed E-state index contributed by atoms with van der Waals surface area (Å²) in [5, 5.41) is 0. The third-order valence-electron chi connectivity index (χ3n) is 2.01. The van der Waals surface area contributed by atoms with Crippen LogP contribution in [0.2, 0.25) is 0 Å². The Balaban J connectivity index is 2.68. The molecule has 4 heteroatoms. The Morgan fingerprint density at radius 1 is 1.42 bits per heavy atom. The number of nitrogens with two attached hydrogens (primary N) is 2. The van der Waals surface area contributed by atoms with Crippen molar-refractivity contribution < 1.29 is 4.79 Å². The van der Waals surface area contributed by atoms with Crippen LogP contribution in [0, 0.1) is 5.92 Å². The van der Waals surface area contributed by atoms with Gasteiger partial charge in [0, 0.05) is 5.92 Å². The van der Waals surface area contributed by atoms with Crippen LogP contribution in [0.3, 0.4) is 0 Å². The molecule has 1 fully saturated rings. The number of carbonyl (C=O) groups is 1. The lowest BCUT2D eigenvalue weighted by molar-refractivity contribution is -0.121. The zero-order chi connectivity index (χ0) is 9.35. The summed E-state index contributed by atoms with van der Waals surface area (Å²) in [4.78, 5) is 14.9. The molecule has 1 rings (SSSR count). The van der Waals surface area contributed by atoms with Crippen LogP contribution in [0.4, 0.5) is 0 Å². The highest BCUT2D eigenvalue weighted by atomic mass is 16.1. The van der Waals surface area contributed by atoms with Crippen molar-refractivity contribution in [3.63, 3.8) is 0 Å². The van der Waals surface area contributed by atoms with Gasteiger partial charge >= 0.3 is 0 Å². The van der Waals surface area contributed by atoms with Crippen molar-refractivity contribution in [1.29, 1.82) is 0 Å². The highest BCUT2D eigenvalue weighted by Gasteiger charge is 2.30. The van der Waals surface area contributed by atoms with Gasteiger partial charge in [0.25, 0.3) is 0 Å². The molecule has 1 aliphatic carbocycles. The molecule has 12 heavy (non-hydrogen) atoms. The fourth-order valence-corrected chi connectivity index (χ4v) is 0.848. The van der Waals surface area contributed by atoms with Crippen LogP contribution in [-0.4, -0.2) is 17.3 Å². The molecule has 0 bridgehead atoms. The molecule has 0 spiro atoms. The predicted molar refractivity (Wildman–Crippen MR) is 47.6 cm³/mol. The van der Waals surface area contributed by atoms with Crippen LogP contribution in [-0.2, 0) is 4.79 Å². The molecule has 68 valence electrons. The van der Waals surface area contributed by atoms with Gasteiger partial charge in [0.05, 0.1) is 5.84 Å². The highest BCUT2D eigenvalue weighted by molar-refractivity contribution is 5.91. The summed E-state index contributed by atoms with van der Waals surface area (Å²) < 4.78 is 0. The highest BCUT2D eigenvalue weighted by Crippen LogP contribution is 2.29. The van der Waals surface area contributed by atoms with E-state index >= 15 is 0 Å². The van der Waals surface area contributed by atoms with Gasteiger partial charge in [-0.3, -0.25) is 9.79 Å². The summed E-state index contributed by atoms with van der Waals surface area (Å²) in [5.74, 6) is 0.522. The Kier molecular flexibility index (Phi) is 2.08. The second-order valence-corrected chi connectivity index (χ2v) is 3.73. The minimum Gasteiger partial charge on any atom is -0.387 e. The van der Waals surface area contributed by atoms with E-state index in [-0.39, 0.29) is 0 Å². The van der Waals surface area contributed by atoms with Crippen LogP contribution in [0.15, 0.2) is 4.99 Å². The summed E-state index contributed by atoms with van der Waals surface area (Å²) in [6, 6.07) is 0. The standard InChI is InChI=1S/C8H15N3O/c1-8(2,7(10)12)11-6(9)5-3-4-5/h5H,3-4H2,1-2H3,(H2,9,11)(H2,10,12). The molecule has 4 N–H and O–H groups in total. The molecule has 0 aliphatic heterocycles. The lowest BCUT2D eigenvalue weighted by Crippen LogP contribution is -2.38. The number of hydrogen-bond donors (Lipinski definition) is 2. The van der Waals surface area contributed by atoms with Crippen molar-refractivity contribution in [1.82, 2.24) is 0 Å². The van der Waals surface area contributed by atoms with Crippen LogP contribution in [0.25, 0.3) is 0 Å². The van der Waals surface area contributed by atoms with Gasteiger partial charge in [-0.05, 0) is 26.7 Å². The maximum atomic E-state index is 10.9. The molecule has 0 aromatic heterocycles. The Hall–Kier alpha value is -1.06. The third-order valence-corrected chi connectivity index (χ3v) is 2.01. The van der Waals surface area contributed by atoms with Gasteiger partial charge in [0.15, 0.2) is 0 Å². The summed E-state index contributed by atoms with van der Waals surface area (Å²) in [6.07, 6.45) is 2.17. The van der Waals surface area contributed by atoms with Crippen LogP contribution in [0.1, 0.15) is 26.7 Å². The molecule has 0 aromatic rings. The molecule has 0 unspecified atom stereocenters. The Labute approximate surface area is 72.0 Å². The zero-order valence-corrected chi connectivity index (χ0v) is 7.50. The first-order chi connectivity index (χ1) is 5.43. The SMILES string of the molecule is CC(C)(N=C(N)C1CC1)C(N)=O. The van der Waals surface area contributed by atoms with Gasteiger partial charge < -0.3 is 11.5 Å². The average Bonchev–Trinajstić information content (AvgIpc) is 2.65. The van der Waals surface area contributed by atoms with Crippen molar-refractivity contribution in [2.45, 2.75) is 32.2 Å². The van der Waals surface area contributed by atoms with E-state index in [1.54, 1.807) is 13.8 Å². The first kappa shape index (κ1) is 9.03. The number of rotatable bonds is 3. The van der Waals surface area contributed by atoms with Crippen LogP contribution < -0.4 is 11.5 Å². The van der Waals surface area contributed by atoms with Crippen molar-refractivity contribution in [3.8, 4) is 0 Å². The van der Waals surface area contributed by atoms with E-state index in [1.807, 2.05) is 0 Å². The van der Waals surface area contributed by atoms with E-state index in [0.717, 1.165) is 12.8 Å². The number of hydrogen-bond acceptors (Lipinski definition) is 2. The van der Waals surface area contributed by atoms with Crippen molar-refractivity contribution in [3.05, 3.63) is 0 Å². The van der Waals surface area contributed by atoms with Gasteiger partial charge in [0.2, 0.25) is 5.91 Å². The maximum Gasteiger partial charge on any atom is 0.244 e. The summed E-state index contributed by atoms with van der Waals surface area (Å²) in [5.41, 5.74) is 9.93. The van der Waals surface area contributed by atoms with Crippen molar-refractivity contribution in [2.24, 2.45) is 22.4 Å². The van der Waals surface area contributed by atoms with Gasteiger partial charge in [-0.2, -0.15) is 0 Å². The van der Waals surface area contributed by atoms with Crippen LogP contribution >= 0.6 is 0 Å². The second-order valence-electron chi connectivity index (χ2n) is 3.73. The average molecular weight is 169 g/mol. The first-order valence-corrected chi connectivity index (χ1v) is 4.08. The predicted octanol–water partition coefficient (Wildman–Crippen LogP) is 0.0175. The Bertz CT molecular complexity index is 228. The van der Waals surface area contributed by atoms with Gasteiger partial charge in [-0.15, -0.1) is 0 Å². The fourth-order valence-electron chi connectivity index (χ4n) is 0.848. The first-order valence-electron chi connectivity index (χ1n) is 4.08. The molecule has 1 saturated carbocycles. The minimum absolute atomic E-state index is 0.392. The lowest BCUT2D eigenvalue weighted by atomic mass is 10.1. The third kappa shape index (κ3) is 1.96. The van der Waals surface area contributed by atoms with Gasteiger partial charge in [-0.25, -0.2) is 0 Å². The Morgan fingerprint density at radius 3 is 2.25 bits per heavy atom. The molecule has 0 atom stereocenters. The monoisotopic (exact) mass is 169 g/mol. The van der Waals surface area contributed by atoms with E-state index in [4.69, 9.17) is 11.5 Å². The number of aliphatic imine (C=N–C) groups is 1. The summed E-state index contributed by atoms with van der Waals surface area (Å²) >= 11 is 0. The van der Waals surface area contributed by atoms with Gasteiger partial charge in [-0.1, -0.05) is 0 Å². The number of amides is 1. The number of nitrogens with zero attached hydrogens (tertiary/aromatic N) is 1. The molecule has 0 radical (unpaired) electrons. The summed E-state index contributed by atoms with van der Waals surface area (Å²) in [6.45, 7) is 3.34. The lowest BCUT2D eigenvalue weighted by Gasteiger charge is -2.15. The van der Waals surface area contributed by atoms with E-state index in [0.29, 0.717) is 11.8 Å². The van der Waals surface area contributed by atoms with Gasteiger partial charge in [0.1, 0.15) is 5.54 Å². The number of carbonyl (C=O) groups excluding carboxylic acids is 1. The molecule has 1 amide bonds.